The van der Waals surface area contributed by atoms with Crippen LogP contribution in [-0.4, -0.2) is 28.8 Å². The van der Waals surface area contributed by atoms with Gasteiger partial charge in [-0.1, -0.05) is 53.4 Å². The molecule has 154 valence electrons. The number of ether oxygens (including phenoxy) is 2. The summed E-state index contributed by atoms with van der Waals surface area (Å²) in [5, 5.41) is 0.765. The van der Waals surface area contributed by atoms with Gasteiger partial charge in [-0.05, 0) is 60.5 Å². The third-order valence-corrected chi connectivity index (χ3v) is 7.21. The quantitative estimate of drug-likeness (QED) is 0.492. The molecule has 0 radical (unpaired) electrons. The molecular weight excluding hydrogens is 464 g/mol. The molecule has 2 aliphatic heterocycles. The first-order valence-electron chi connectivity index (χ1n) is 10.1. The van der Waals surface area contributed by atoms with Gasteiger partial charge >= 0.3 is 0 Å². The van der Waals surface area contributed by atoms with E-state index in [1.54, 1.807) is 0 Å². The number of hydrogen-bond acceptors (Lipinski definition) is 5. The van der Waals surface area contributed by atoms with Crippen LogP contribution in [0, 0.1) is 0 Å². The van der Waals surface area contributed by atoms with Gasteiger partial charge in [0.2, 0.25) is 6.79 Å². The van der Waals surface area contributed by atoms with Gasteiger partial charge in [-0.2, -0.15) is 0 Å². The smallest absolute Gasteiger partial charge is 0.267 e. The largest absolute Gasteiger partial charge is 0.454 e. The molecule has 2 aromatic carbocycles. The summed E-state index contributed by atoms with van der Waals surface area (Å²) in [7, 11) is 0. The normalized spacial score (nSPS) is 21.8. The van der Waals surface area contributed by atoms with Gasteiger partial charge in [-0.25, -0.2) is 4.99 Å². The van der Waals surface area contributed by atoms with Gasteiger partial charge in [-0.15, -0.1) is 0 Å². The number of halogens is 1. The molecule has 2 fully saturated rings. The maximum atomic E-state index is 13.4. The van der Waals surface area contributed by atoms with Gasteiger partial charge < -0.3 is 9.47 Å². The molecule has 5 nitrogen and oxygen atoms in total. The number of rotatable bonds is 3. The zero-order chi connectivity index (χ0) is 20.5. The molecule has 1 saturated heterocycles. The SMILES string of the molecule is O=C1C(=Cc2cc3c(cc2Br)OCO3)SC(=Nc2ccccc2)N1C1CCCCC1. The average molecular weight is 485 g/mol. The molecule has 0 atom stereocenters. The number of benzene rings is 2. The minimum atomic E-state index is 0.0335. The number of nitrogens with zero attached hydrogens (tertiary/aromatic N) is 2. The Morgan fingerprint density at radius 3 is 2.57 bits per heavy atom. The Labute approximate surface area is 188 Å². The van der Waals surface area contributed by atoms with E-state index in [0.717, 1.165) is 46.6 Å². The van der Waals surface area contributed by atoms with Crippen LogP contribution in [-0.2, 0) is 4.79 Å². The lowest BCUT2D eigenvalue weighted by atomic mass is 9.94. The van der Waals surface area contributed by atoms with Crippen LogP contribution in [0.2, 0.25) is 0 Å². The van der Waals surface area contributed by atoms with Gasteiger partial charge in [0.05, 0.1) is 10.6 Å². The Kier molecular flexibility index (Phi) is 5.56. The Balaban J connectivity index is 1.52. The predicted octanol–water partition coefficient (Wildman–Crippen LogP) is 6.11. The van der Waals surface area contributed by atoms with E-state index in [-0.39, 0.29) is 18.7 Å². The molecule has 30 heavy (non-hydrogen) atoms. The second-order valence-corrected chi connectivity index (χ2v) is 9.40. The summed E-state index contributed by atoms with van der Waals surface area (Å²) in [6.45, 7) is 0.221. The average Bonchev–Trinajstić information content (AvgIpc) is 3.33. The van der Waals surface area contributed by atoms with E-state index in [1.807, 2.05) is 53.4 Å². The lowest BCUT2D eigenvalue weighted by Crippen LogP contribution is -2.40. The van der Waals surface area contributed by atoms with Crippen LogP contribution >= 0.6 is 27.7 Å². The molecule has 7 heteroatoms. The van der Waals surface area contributed by atoms with E-state index in [1.165, 1.54) is 18.2 Å². The van der Waals surface area contributed by atoms with Gasteiger partial charge in [0.15, 0.2) is 16.7 Å². The Morgan fingerprint density at radius 1 is 1.07 bits per heavy atom. The number of amidine groups is 1. The predicted molar refractivity (Wildman–Crippen MR) is 123 cm³/mol. The molecule has 2 heterocycles. The van der Waals surface area contributed by atoms with Crippen LogP contribution in [0.15, 0.2) is 56.8 Å². The molecule has 0 unspecified atom stereocenters. The van der Waals surface area contributed by atoms with Crippen molar-refractivity contribution in [2.24, 2.45) is 4.99 Å². The van der Waals surface area contributed by atoms with Crippen LogP contribution in [0.4, 0.5) is 5.69 Å². The summed E-state index contributed by atoms with van der Waals surface area (Å²) in [4.78, 5) is 20.9. The molecule has 0 bridgehead atoms. The van der Waals surface area contributed by atoms with Gasteiger partial charge in [-0.3, -0.25) is 9.69 Å². The van der Waals surface area contributed by atoms with Crippen molar-refractivity contribution in [1.29, 1.82) is 0 Å². The Hall–Kier alpha value is -2.25. The first-order chi connectivity index (χ1) is 14.7. The first kappa shape index (κ1) is 19.7. The maximum absolute atomic E-state index is 13.4. The summed E-state index contributed by atoms with van der Waals surface area (Å²) in [5.74, 6) is 1.44. The highest BCUT2D eigenvalue weighted by atomic mass is 79.9. The summed E-state index contributed by atoms with van der Waals surface area (Å²) in [5.41, 5.74) is 1.75. The van der Waals surface area contributed by atoms with Crippen LogP contribution in [0.3, 0.4) is 0 Å². The molecule has 1 amide bonds. The fourth-order valence-corrected chi connectivity index (χ4v) is 5.51. The highest BCUT2D eigenvalue weighted by molar-refractivity contribution is 9.10. The zero-order valence-electron chi connectivity index (χ0n) is 16.3. The summed E-state index contributed by atoms with van der Waals surface area (Å²) < 4.78 is 11.8. The third kappa shape index (κ3) is 3.88. The van der Waals surface area contributed by atoms with E-state index in [2.05, 4.69) is 15.9 Å². The summed E-state index contributed by atoms with van der Waals surface area (Å²) in [6, 6.07) is 13.8. The highest BCUT2D eigenvalue weighted by Gasteiger charge is 2.38. The van der Waals surface area contributed by atoms with Crippen LogP contribution in [0.5, 0.6) is 11.5 Å². The van der Waals surface area contributed by atoms with Crippen molar-refractivity contribution >= 4 is 50.5 Å². The van der Waals surface area contributed by atoms with Crippen LogP contribution in [0.1, 0.15) is 37.7 Å². The summed E-state index contributed by atoms with van der Waals surface area (Å²) >= 11 is 5.04. The third-order valence-electron chi connectivity index (χ3n) is 5.54. The van der Waals surface area contributed by atoms with Gasteiger partial charge in [0, 0.05) is 10.5 Å². The van der Waals surface area contributed by atoms with Crippen molar-refractivity contribution < 1.29 is 14.3 Å². The van der Waals surface area contributed by atoms with E-state index in [0.29, 0.717) is 16.4 Å². The minimum Gasteiger partial charge on any atom is -0.454 e. The number of carbonyl (C=O) groups excluding carboxylic acids is 1. The summed E-state index contributed by atoms with van der Waals surface area (Å²) in [6.07, 6.45) is 7.53. The van der Waals surface area contributed by atoms with E-state index >= 15 is 0 Å². The second-order valence-electron chi connectivity index (χ2n) is 7.53. The maximum Gasteiger partial charge on any atom is 0.267 e. The fourth-order valence-electron chi connectivity index (χ4n) is 4.02. The van der Waals surface area contributed by atoms with Crippen molar-refractivity contribution in [3.05, 3.63) is 57.4 Å². The first-order valence-corrected chi connectivity index (χ1v) is 11.8. The lowest BCUT2D eigenvalue weighted by molar-refractivity contribution is -0.124. The van der Waals surface area contributed by atoms with Crippen LogP contribution < -0.4 is 9.47 Å². The highest BCUT2D eigenvalue weighted by Crippen LogP contribution is 2.41. The fraction of sp³-hybridized carbons (Fsp3) is 0.304. The zero-order valence-corrected chi connectivity index (χ0v) is 18.7. The number of hydrogen-bond donors (Lipinski definition) is 0. The molecule has 2 aromatic rings. The number of carbonyl (C=O) groups is 1. The molecule has 0 aromatic heterocycles. The van der Waals surface area contributed by atoms with Crippen molar-refractivity contribution in [2.45, 2.75) is 38.1 Å². The molecule has 1 saturated carbocycles. The van der Waals surface area contributed by atoms with Crippen molar-refractivity contribution in [3.8, 4) is 11.5 Å². The minimum absolute atomic E-state index is 0.0335. The molecule has 0 spiro atoms. The van der Waals surface area contributed by atoms with E-state index in [9.17, 15) is 4.79 Å². The number of amides is 1. The lowest BCUT2D eigenvalue weighted by Gasteiger charge is -2.30. The van der Waals surface area contributed by atoms with Crippen molar-refractivity contribution in [2.75, 3.05) is 6.79 Å². The van der Waals surface area contributed by atoms with Crippen LogP contribution in [0.25, 0.3) is 6.08 Å². The Bertz CT molecular complexity index is 1030. The molecule has 3 aliphatic rings. The number of para-hydroxylation sites is 1. The molecular formula is C23H21BrN2O3S. The number of fused-ring (bicyclic) bond motifs is 1. The number of aliphatic imine (C=N–C) groups is 1. The van der Waals surface area contributed by atoms with E-state index < -0.39 is 0 Å². The molecule has 0 N–H and O–H groups in total. The Morgan fingerprint density at radius 2 is 1.80 bits per heavy atom. The molecule has 1 aliphatic carbocycles. The monoisotopic (exact) mass is 484 g/mol. The standard InChI is InChI=1S/C23H21BrN2O3S/c24-18-13-20-19(28-14-29-20)11-15(18)12-21-22(27)26(17-9-5-2-6-10-17)23(30-21)25-16-7-3-1-4-8-16/h1,3-4,7-8,11-13,17H,2,5-6,9-10,14H2. The number of thioether (sulfide) groups is 1. The van der Waals surface area contributed by atoms with Gasteiger partial charge in [0.25, 0.3) is 5.91 Å². The van der Waals surface area contributed by atoms with Crippen molar-refractivity contribution in [3.63, 3.8) is 0 Å². The molecule has 5 rings (SSSR count). The second kappa shape index (κ2) is 8.47. The topological polar surface area (TPSA) is 51.1 Å². The van der Waals surface area contributed by atoms with Crippen molar-refractivity contribution in [1.82, 2.24) is 4.90 Å². The van der Waals surface area contributed by atoms with E-state index in [4.69, 9.17) is 14.5 Å². The van der Waals surface area contributed by atoms with Gasteiger partial charge in [0.1, 0.15) is 0 Å².